The molecular formula is C28H30N2O5S3Se. The Morgan fingerprint density at radius 2 is 2.00 bits per heavy atom. The quantitative estimate of drug-likeness (QED) is 0.139. The molecule has 0 N–H and O–H groups in total. The summed E-state index contributed by atoms with van der Waals surface area (Å²) < 4.78 is 52.2. The first-order valence-electron chi connectivity index (χ1n) is 12.7. The Hall–Kier alpha value is -2.40. The summed E-state index contributed by atoms with van der Waals surface area (Å²) in [6.45, 7) is 5.63. The summed E-state index contributed by atoms with van der Waals surface area (Å²) in [4.78, 5) is 2.36. The van der Waals surface area contributed by atoms with Crippen LogP contribution < -0.4 is 23.4 Å². The van der Waals surface area contributed by atoms with Crippen molar-refractivity contribution in [3.05, 3.63) is 57.0 Å². The average molecular weight is 650 g/mol. The molecule has 7 nitrogen and oxygen atoms in total. The third-order valence-corrected chi connectivity index (χ3v) is 11.8. The second-order valence-electron chi connectivity index (χ2n) is 9.03. The Bertz CT molecular complexity index is 1710. The van der Waals surface area contributed by atoms with E-state index in [1.165, 1.54) is 20.3 Å². The molecule has 0 saturated carbocycles. The van der Waals surface area contributed by atoms with E-state index in [2.05, 4.69) is 53.7 Å². The van der Waals surface area contributed by atoms with Crippen molar-refractivity contribution >= 4 is 84.3 Å². The van der Waals surface area contributed by atoms with Crippen molar-refractivity contribution in [2.45, 2.75) is 33.2 Å². The number of hydrogen-bond acceptors (Lipinski definition) is 8. The number of methoxy groups -OCH3 is 2. The van der Waals surface area contributed by atoms with Gasteiger partial charge in [-0.1, -0.05) is 0 Å². The minimum absolute atomic E-state index is 0.182. The molecule has 0 fully saturated rings. The van der Waals surface area contributed by atoms with Crippen LogP contribution in [0.2, 0.25) is 0 Å². The monoisotopic (exact) mass is 650 g/mol. The molecule has 0 spiro atoms. The predicted octanol–water partition coefficient (Wildman–Crippen LogP) is 4.86. The van der Waals surface area contributed by atoms with Crippen molar-refractivity contribution < 1.29 is 27.0 Å². The van der Waals surface area contributed by atoms with Gasteiger partial charge in [0.15, 0.2) is 0 Å². The molecule has 39 heavy (non-hydrogen) atoms. The third-order valence-electron chi connectivity index (χ3n) is 6.67. The fourth-order valence-electron chi connectivity index (χ4n) is 4.78. The van der Waals surface area contributed by atoms with Gasteiger partial charge in [0, 0.05) is 0 Å². The molecule has 2 aromatic heterocycles. The minimum atomic E-state index is -4.28. The van der Waals surface area contributed by atoms with Gasteiger partial charge in [0.1, 0.15) is 0 Å². The van der Waals surface area contributed by atoms with Gasteiger partial charge in [0.2, 0.25) is 0 Å². The van der Waals surface area contributed by atoms with Crippen molar-refractivity contribution in [1.29, 1.82) is 0 Å². The first-order valence-corrected chi connectivity index (χ1v) is 17.6. The number of aromatic nitrogens is 1. The maximum atomic E-state index is 11.4. The molecule has 1 aliphatic rings. The molecule has 0 bridgehead atoms. The summed E-state index contributed by atoms with van der Waals surface area (Å²) in [6.07, 6.45) is 5.61. The zero-order valence-electron chi connectivity index (χ0n) is 22.2. The van der Waals surface area contributed by atoms with E-state index < -0.39 is 10.1 Å². The number of anilines is 1. The second-order valence-corrected chi connectivity index (χ2v) is 14.8. The summed E-state index contributed by atoms with van der Waals surface area (Å²) in [7, 11) is -0.912. The molecule has 0 saturated heterocycles. The Balaban J connectivity index is 1.60. The van der Waals surface area contributed by atoms with Crippen molar-refractivity contribution in [1.82, 2.24) is 0 Å². The molecule has 206 valence electrons. The molecule has 0 unspecified atom stereocenters. The zero-order chi connectivity index (χ0) is 27.7. The van der Waals surface area contributed by atoms with Gasteiger partial charge in [0.05, 0.1) is 0 Å². The Labute approximate surface area is 243 Å². The van der Waals surface area contributed by atoms with E-state index in [0.717, 1.165) is 49.8 Å². The van der Waals surface area contributed by atoms with Crippen LogP contribution in [-0.2, 0) is 16.7 Å². The van der Waals surface area contributed by atoms with E-state index in [0.29, 0.717) is 6.54 Å². The van der Waals surface area contributed by atoms with Crippen molar-refractivity contribution in [3.8, 4) is 11.5 Å². The number of aryl methyl sites for hydroxylation is 1. The summed E-state index contributed by atoms with van der Waals surface area (Å²) in [5.74, 6) is 1.30. The van der Waals surface area contributed by atoms with Crippen molar-refractivity contribution in [2.24, 2.45) is 0 Å². The van der Waals surface area contributed by atoms with Crippen LogP contribution >= 0.6 is 22.7 Å². The molecular weight excluding hydrogens is 619 g/mol. The van der Waals surface area contributed by atoms with Gasteiger partial charge in [-0.3, -0.25) is 0 Å². The molecule has 0 radical (unpaired) electrons. The Kier molecular flexibility index (Phi) is 8.37. The van der Waals surface area contributed by atoms with E-state index >= 15 is 0 Å². The SMILES string of the molecule is CCC(=Cc1sc2cc(OC)c3ccsc3c2[n+]1CCCS(=O)(=O)[O-])C=C1[Se]c2ccc(OC)cc2N1CC. The predicted molar refractivity (Wildman–Crippen MR) is 161 cm³/mol. The van der Waals surface area contributed by atoms with Gasteiger partial charge in [-0.15, -0.1) is 0 Å². The number of thiophene rings is 1. The van der Waals surface area contributed by atoms with Gasteiger partial charge in [-0.2, -0.15) is 0 Å². The summed E-state index contributed by atoms with van der Waals surface area (Å²) in [5.41, 5.74) is 3.46. The van der Waals surface area contributed by atoms with Crippen LogP contribution in [-0.4, -0.2) is 54.4 Å². The zero-order valence-corrected chi connectivity index (χ0v) is 26.4. The van der Waals surface area contributed by atoms with Crippen LogP contribution in [0.25, 0.3) is 26.4 Å². The second kappa shape index (κ2) is 11.6. The molecule has 2 aromatic carbocycles. The molecule has 0 amide bonds. The third kappa shape index (κ3) is 5.75. The van der Waals surface area contributed by atoms with Crippen molar-refractivity contribution in [3.63, 3.8) is 0 Å². The number of ether oxygens (including phenoxy) is 2. The number of fused-ring (bicyclic) bond motifs is 4. The molecule has 5 rings (SSSR count). The maximum absolute atomic E-state index is 11.4. The topological polar surface area (TPSA) is 82.8 Å². The molecule has 1 aliphatic heterocycles. The van der Waals surface area contributed by atoms with Crippen molar-refractivity contribution in [2.75, 3.05) is 31.4 Å². The van der Waals surface area contributed by atoms with E-state index in [1.807, 2.05) is 17.5 Å². The Morgan fingerprint density at radius 3 is 2.69 bits per heavy atom. The first kappa shape index (κ1) is 28.1. The normalized spacial score (nSPS) is 15.1. The van der Waals surface area contributed by atoms with Gasteiger partial charge in [0.25, 0.3) is 0 Å². The number of nitrogens with zero attached hydrogens (tertiary/aromatic N) is 2. The number of benzene rings is 2. The van der Waals surface area contributed by atoms with Crippen LogP contribution in [0.3, 0.4) is 0 Å². The fourth-order valence-corrected chi connectivity index (χ4v) is 9.98. The standard InChI is InChI=1S/C28H30N2O5S3Se/c1-5-18(15-26-29(6-2)21-16-19(34-3)8-9-24(21)39-26)14-25-30(11-7-13-38(31,32)33)27-23(37-25)17-22(35-4)20-10-12-36-28(20)27/h8-10,12,14-17H,5-7,11,13H2,1-4H3. The van der Waals surface area contributed by atoms with E-state index in [1.54, 1.807) is 36.9 Å². The number of allylic oxidation sites excluding steroid dienone is 2. The van der Waals surface area contributed by atoms with E-state index in [4.69, 9.17) is 9.47 Å². The van der Waals surface area contributed by atoms with E-state index in [9.17, 15) is 13.0 Å². The molecule has 0 aliphatic carbocycles. The summed E-state index contributed by atoms with van der Waals surface area (Å²) >= 11 is 3.48. The van der Waals surface area contributed by atoms with Gasteiger partial charge in [-0.25, -0.2) is 0 Å². The number of thiazole rings is 1. The summed E-state index contributed by atoms with van der Waals surface area (Å²) in [5, 5.41) is 4.10. The summed E-state index contributed by atoms with van der Waals surface area (Å²) in [6, 6.07) is 10.4. The molecule has 4 aromatic rings. The number of rotatable bonds is 10. The van der Waals surface area contributed by atoms with Crippen LogP contribution in [0, 0.1) is 0 Å². The van der Waals surface area contributed by atoms with Crippen LogP contribution in [0.5, 0.6) is 11.5 Å². The average Bonchev–Trinajstić information content (AvgIpc) is 3.61. The molecule has 11 heteroatoms. The first-order chi connectivity index (χ1) is 18.8. The van der Waals surface area contributed by atoms with E-state index in [-0.39, 0.29) is 27.1 Å². The number of hydrogen-bond donors (Lipinski definition) is 0. The van der Waals surface area contributed by atoms with Crippen LogP contribution in [0.1, 0.15) is 31.7 Å². The Morgan fingerprint density at radius 1 is 1.18 bits per heavy atom. The molecule has 3 heterocycles. The molecule has 0 atom stereocenters. The fraction of sp³-hybridized carbons (Fsp3) is 0.321. The van der Waals surface area contributed by atoms with Crippen LogP contribution in [0.4, 0.5) is 5.69 Å². The van der Waals surface area contributed by atoms with Gasteiger partial charge >= 0.3 is 244 Å². The van der Waals surface area contributed by atoms with Gasteiger partial charge < -0.3 is 0 Å². The van der Waals surface area contributed by atoms with Gasteiger partial charge in [-0.05, 0) is 0 Å². The van der Waals surface area contributed by atoms with Crippen LogP contribution in [0.15, 0.2) is 52.0 Å².